The topological polar surface area (TPSA) is 49.2 Å². The first kappa shape index (κ1) is 27.7. The van der Waals surface area contributed by atoms with E-state index in [1.165, 1.54) is 16.3 Å². The molecule has 2 aliphatic rings. The number of fused-ring (bicyclic) bond motifs is 7. The fraction of sp³-hybridized carbons (Fsp3) is 0.0233. The zero-order valence-electron chi connectivity index (χ0n) is 26.7. The Labute approximate surface area is 283 Å². The van der Waals surface area contributed by atoms with Gasteiger partial charge in [0.05, 0.1) is 16.7 Å². The van der Waals surface area contributed by atoms with Crippen molar-refractivity contribution in [3.8, 4) is 50.9 Å². The number of pyridine rings is 2. The van der Waals surface area contributed by atoms with Gasteiger partial charge in [0.2, 0.25) is 0 Å². The van der Waals surface area contributed by atoms with Crippen molar-refractivity contribution in [3.05, 3.63) is 152 Å². The minimum absolute atomic E-state index is 0.0884. The summed E-state index contributed by atoms with van der Waals surface area (Å²) in [5.41, 5.74) is 12.2. The third-order valence-electron chi connectivity index (χ3n) is 9.82. The highest BCUT2D eigenvalue weighted by atomic mass is 16.5. The molecular formula is C43H28BN3O2. The van der Waals surface area contributed by atoms with Gasteiger partial charge in [-0.15, -0.1) is 0 Å². The fourth-order valence-electron chi connectivity index (χ4n) is 7.71. The number of ether oxygens (including phenoxy) is 2. The Balaban J connectivity index is 1.22. The van der Waals surface area contributed by atoms with E-state index in [0.29, 0.717) is 0 Å². The molecule has 0 unspecified atom stereocenters. The second-order valence-electron chi connectivity index (χ2n) is 12.6. The van der Waals surface area contributed by atoms with E-state index in [9.17, 15) is 0 Å². The Morgan fingerprint density at radius 1 is 0.571 bits per heavy atom. The number of allylic oxidation sites excluding steroid dienone is 1. The summed E-state index contributed by atoms with van der Waals surface area (Å²) in [4.78, 5) is 8.48. The van der Waals surface area contributed by atoms with Crippen LogP contribution in [0.25, 0.3) is 55.8 Å². The SMILES string of the molecule is CC=Cc1cccc2c1c1ccccc1n2-c1cc2c3c(c1)Oc1ccc(-c4ccncc4)cc1B3c1cc(-c3ccncc3)ccc1O2. The van der Waals surface area contributed by atoms with Gasteiger partial charge in [-0.2, -0.15) is 0 Å². The molecule has 0 N–H and O–H groups in total. The van der Waals surface area contributed by atoms with Gasteiger partial charge in [-0.3, -0.25) is 9.97 Å². The number of nitrogens with zero attached hydrogens (tertiary/aromatic N) is 3. The van der Waals surface area contributed by atoms with Crippen molar-refractivity contribution in [3.63, 3.8) is 0 Å². The molecule has 5 nitrogen and oxygen atoms in total. The maximum Gasteiger partial charge on any atom is 0.260 e. The van der Waals surface area contributed by atoms with E-state index in [-0.39, 0.29) is 6.71 Å². The lowest BCUT2D eigenvalue weighted by atomic mass is 9.34. The van der Waals surface area contributed by atoms with E-state index in [1.807, 2.05) is 49.1 Å². The Morgan fingerprint density at radius 2 is 1.16 bits per heavy atom. The molecule has 2 aliphatic heterocycles. The number of hydrogen-bond donors (Lipinski definition) is 0. The summed E-state index contributed by atoms with van der Waals surface area (Å²) in [6, 6.07) is 40.7. The average molecular weight is 630 g/mol. The monoisotopic (exact) mass is 629 g/mol. The summed E-state index contributed by atoms with van der Waals surface area (Å²) in [7, 11) is 0. The van der Waals surface area contributed by atoms with Crippen LogP contribution in [0.15, 0.2) is 146 Å². The van der Waals surface area contributed by atoms with Gasteiger partial charge in [0, 0.05) is 53.2 Å². The lowest BCUT2D eigenvalue weighted by Gasteiger charge is -2.34. The lowest BCUT2D eigenvalue weighted by molar-refractivity contribution is 0.464. The molecule has 0 spiro atoms. The molecule has 0 radical (unpaired) electrons. The summed E-state index contributed by atoms with van der Waals surface area (Å²) in [6.45, 7) is 1.97. The minimum atomic E-state index is -0.0884. The van der Waals surface area contributed by atoms with Gasteiger partial charge in [-0.1, -0.05) is 66.7 Å². The Kier molecular flexibility index (Phi) is 6.12. The zero-order chi connectivity index (χ0) is 32.5. The molecule has 0 amide bonds. The Morgan fingerprint density at radius 3 is 1.78 bits per heavy atom. The molecule has 0 saturated carbocycles. The molecule has 230 valence electrons. The van der Waals surface area contributed by atoms with Crippen LogP contribution in [0.2, 0.25) is 0 Å². The predicted octanol–water partition coefficient (Wildman–Crippen LogP) is 8.67. The molecule has 49 heavy (non-hydrogen) atoms. The van der Waals surface area contributed by atoms with E-state index >= 15 is 0 Å². The van der Waals surface area contributed by atoms with Gasteiger partial charge in [-0.05, 0) is 94.2 Å². The van der Waals surface area contributed by atoms with Gasteiger partial charge in [0.15, 0.2) is 0 Å². The van der Waals surface area contributed by atoms with Crippen molar-refractivity contribution in [2.45, 2.75) is 6.92 Å². The third kappa shape index (κ3) is 4.27. The lowest BCUT2D eigenvalue weighted by Crippen LogP contribution is -2.57. The highest BCUT2D eigenvalue weighted by Gasteiger charge is 2.41. The van der Waals surface area contributed by atoms with Crippen molar-refractivity contribution in [1.29, 1.82) is 0 Å². The number of rotatable bonds is 4. The van der Waals surface area contributed by atoms with Gasteiger partial charge in [0.25, 0.3) is 6.71 Å². The first-order valence-corrected chi connectivity index (χ1v) is 16.5. The Bertz CT molecular complexity index is 2520. The summed E-state index contributed by atoms with van der Waals surface area (Å²) < 4.78 is 16.0. The molecule has 0 saturated heterocycles. The maximum atomic E-state index is 6.85. The Hall–Kier alpha value is -6.40. The van der Waals surface area contributed by atoms with Crippen LogP contribution < -0.4 is 25.9 Å². The molecule has 0 bridgehead atoms. The van der Waals surface area contributed by atoms with Crippen molar-refractivity contribution in [1.82, 2.24) is 14.5 Å². The number of benzene rings is 5. The van der Waals surface area contributed by atoms with Gasteiger partial charge in [-0.25, -0.2) is 0 Å². The van der Waals surface area contributed by atoms with Crippen molar-refractivity contribution in [2.75, 3.05) is 0 Å². The third-order valence-corrected chi connectivity index (χ3v) is 9.82. The van der Waals surface area contributed by atoms with Crippen LogP contribution in [0, 0.1) is 0 Å². The summed E-state index contributed by atoms with van der Waals surface area (Å²) in [5.74, 6) is 3.30. The average Bonchev–Trinajstić information content (AvgIpc) is 3.50. The summed E-state index contributed by atoms with van der Waals surface area (Å²) >= 11 is 0. The van der Waals surface area contributed by atoms with Crippen molar-refractivity contribution < 1.29 is 9.47 Å². The summed E-state index contributed by atoms with van der Waals surface area (Å²) in [6.07, 6.45) is 11.6. The second kappa shape index (κ2) is 10.8. The van der Waals surface area contributed by atoms with E-state index in [2.05, 4.69) is 125 Å². The molecule has 3 aromatic heterocycles. The van der Waals surface area contributed by atoms with Crippen LogP contribution in [0.1, 0.15) is 12.5 Å². The fourth-order valence-corrected chi connectivity index (χ4v) is 7.71. The second-order valence-corrected chi connectivity index (χ2v) is 12.6. The van der Waals surface area contributed by atoms with Crippen LogP contribution in [-0.4, -0.2) is 21.2 Å². The number of aromatic nitrogens is 3. The molecule has 6 heteroatoms. The molecule has 8 aromatic rings. The summed E-state index contributed by atoms with van der Waals surface area (Å²) in [5, 5.41) is 2.44. The number of para-hydroxylation sites is 1. The van der Waals surface area contributed by atoms with E-state index in [1.54, 1.807) is 0 Å². The van der Waals surface area contributed by atoms with Crippen LogP contribution in [0.4, 0.5) is 0 Å². The van der Waals surface area contributed by atoms with Crippen LogP contribution in [0.3, 0.4) is 0 Å². The smallest absolute Gasteiger partial charge is 0.260 e. The predicted molar refractivity (Wildman–Crippen MR) is 200 cm³/mol. The largest absolute Gasteiger partial charge is 0.458 e. The molecule has 5 aromatic carbocycles. The molecular weight excluding hydrogens is 601 g/mol. The first-order valence-electron chi connectivity index (χ1n) is 16.5. The normalized spacial score (nSPS) is 12.8. The van der Waals surface area contributed by atoms with Crippen LogP contribution >= 0.6 is 0 Å². The number of hydrogen-bond acceptors (Lipinski definition) is 4. The van der Waals surface area contributed by atoms with Crippen molar-refractivity contribution in [2.24, 2.45) is 0 Å². The van der Waals surface area contributed by atoms with Gasteiger partial charge < -0.3 is 14.0 Å². The molecule has 0 fully saturated rings. The zero-order valence-corrected chi connectivity index (χ0v) is 26.7. The van der Waals surface area contributed by atoms with Gasteiger partial charge in [0.1, 0.15) is 23.0 Å². The van der Waals surface area contributed by atoms with Gasteiger partial charge >= 0.3 is 0 Å². The minimum Gasteiger partial charge on any atom is -0.458 e. The first-order chi connectivity index (χ1) is 24.2. The standard InChI is InChI=1S/C43H28BN3O2/c1-2-6-29-7-5-10-37-42(29)33-8-3-4-9-36(33)47(37)32-25-40-43-41(26-32)49-39-14-12-31(28-17-21-46-22-18-28)24-35(39)44(43)34-23-30(11-13-38(34)48-40)27-15-19-45-20-16-27/h2-26H,1H3. The van der Waals surface area contributed by atoms with Crippen LogP contribution in [0.5, 0.6) is 23.0 Å². The quantitative estimate of drug-likeness (QED) is 0.183. The highest BCUT2D eigenvalue weighted by Crippen LogP contribution is 2.41. The van der Waals surface area contributed by atoms with E-state index in [0.717, 1.165) is 78.4 Å². The maximum absolute atomic E-state index is 6.85. The molecule has 10 rings (SSSR count). The van der Waals surface area contributed by atoms with Crippen molar-refractivity contribution >= 4 is 51.0 Å². The molecule has 0 aliphatic carbocycles. The van der Waals surface area contributed by atoms with E-state index in [4.69, 9.17) is 9.47 Å². The molecule has 5 heterocycles. The molecule has 0 atom stereocenters. The van der Waals surface area contributed by atoms with E-state index < -0.39 is 0 Å². The van der Waals surface area contributed by atoms with Crippen LogP contribution in [-0.2, 0) is 0 Å². The highest BCUT2D eigenvalue weighted by molar-refractivity contribution is 6.98.